The molecular formula is C22H27N5O2S. The van der Waals surface area contributed by atoms with Gasteiger partial charge >= 0.3 is 0 Å². The van der Waals surface area contributed by atoms with Gasteiger partial charge in [0.25, 0.3) is 5.91 Å². The SMILES string of the molecule is CN1CCN(c2ccc(-c3ccc(SN4CC=C(C(=O)NO)CC4)cn3)cc2)CC1. The van der Waals surface area contributed by atoms with Gasteiger partial charge < -0.3 is 9.80 Å². The van der Waals surface area contributed by atoms with Crippen molar-refractivity contribution in [3.63, 3.8) is 0 Å². The highest BCUT2D eigenvalue weighted by atomic mass is 32.2. The van der Waals surface area contributed by atoms with Crippen LogP contribution in [0.4, 0.5) is 5.69 Å². The number of hydrogen-bond acceptors (Lipinski definition) is 7. The maximum absolute atomic E-state index is 11.5. The van der Waals surface area contributed by atoms with E-state index in [4.69, 9.17) is 5.21 Å². The van der Waals surface area contributed by atoms with Gasteiger partial charge in [-0.2, -0.15) is 0 Å². The minimum atomic E-state index is -0.413. The fraction of sp³-hybridized carbons (Fsp3) is 0.364. The smallest absolute Gasteiger partial charge is 0.270 e. The largest absolute Gasteiger partial charge is 0.369 e. The number of anilines is 1. The number of nitrogens with zero attached hydrogens (tertiary/aromatic N) is 4. The second kappa shape index (κ2) is 9.61. The van der Waals surface area contributed by atoms with Crippen LogP contribution in [0.15, 0.2) is 59.1 Å². The van der Waals surface area contributed by atoms with E-state index < -0.39 is 5.91 Å². The molecule has 8 heteroatoms. The lowest BCUT2D eigenvalue weighted by atomic mass is 10.1. The number of likely N-dealkylation sites (N-methyl/N-ethyl adjacent to an activating group) is 1. The van der Waals surface area contributed by atoms with Crippen LogP contribution in [0.3, 0.4) is 0 Å². The van der Waals surface area contributed by atoms with E-state index in [1.807, 2.05) is 12.3 Å². The van der Waals surface area contributed by atoms with Crippen LogP contribution in [0.2, 0.25) is 0 Å². The van der Waals surface area contributed by atoms with Gasteiger partial charge in [0.2, 0.25) is 0 Å². The van der Waals surface area contributed by atoms with Gasteiger partial charge in [0.1, 0.15) is 0 Å². The van der Waals surface area contributed by atoms with Crippen LogP contribution in [0.1, 0.15) is 6.42 Å². The highest BCUT2D eigenvalue weighted by Gasteiger charge is 2.18. The first-order valence-corrected chi connectivity index (χ1v) is 11.0. The Morgan fingerprint density at radius 2 is 1.83 bits per heavy atom. The van der Waals surface area contributed by atoms with Crippen molar-refractivity contribution in [2.75, 3.05) is 51.2 Å². The summed E-state index contributed by atoms with van der Waals surface area (Å²) in [6.07, 6.45) is 4.37. The summed E-state index contributed by atoms with van der Waals surface area (Å²) in [6, 6.07) is 12.8. The summed E-state index contributed by atoms with van der Waals surface area (Å²) in [7, 11) is 2.17. The molecule has 0 saturated carbocycles. The molecule has 2 aliphatic heterocycles. The van der Waals surface area contributed by atoms with Gasteiger partial charge in [-0.1, -0.05) is 18.2 Å². The topological polar surface area (TPSA) is 71.9 Å². The number of aromatic nitrogens is 1. The molecule has 0 bridgehead atoms. The summed E-state index contributed by atoms with van der Waals surface area (Å²) < 4.78 is 2.18. The van der Waals surface area contributed by atoms with Crippen molar-refractivity contribution in [2.24, 2.45) is 0 Å². The van der Waals surface area contributed by atoms with Crippen LogP contribution >= 0.6 is 11.9 Å². The van der Waals surface area contributed by atoms with Crippen LogP contribution in [0.5, 0.6) is 0 Å². The fourth-order valence-corrected chi connectivity index (χ4v) is 4.53. The summed E-state index contributed by atoms with van der Waals surface area (Å²) >= 11 is 1.63. The van der Waals surface area contributed by atoms with Crippen LogP contribution < -0.4 is 10.4 Å². The molecule has 0 spiro atoms. The van der Waals surface area contributed by atoms with E-state index in [0.29, 0.717) is 18.5 Å². The normalized spacial score (nSPS) is 18.2. The molecule has 2 aromatic rings. The monoisotopic (exact) mass is 425 g/mol. The van der Waals surface area contributed by atoms with Crippen LogP contribution in [-0.4, -0.2) is 71.6 Å². The first-order valence-electron chi connectivity index (χ1n) is 10.2. The summed E-state index contributed by atoms with van der Waals surface area (Å²) in [5.74, 6) is -0.413. The van der Waals surface area contributed by atoms with Crippen LogP contribution in [-0.2, 0) is 4.79 Å². The summed E-state index contributed by atoms with van der Waals surface area (Å²) in [4.78, 5) is 22.0. The van der Waals surface area contributed by atoms with E-state index in [1.165, 1.54) is 5.69 Å². The quantitative estimate of drug-likeness (QED) is 0.433. The van der Waals surface area contributed by atoms with Gasteiger partial charge in [-0.05, 0) is 49.7 Å². The molecule has 0 unspecified atom stereocenters. The molecule has 1 saturated heterocycles. The number of carbonyl (C=O) groups excluding carboxylic acids is 1. The van der Waals surface area contributed by atoms with Crippen molar-refractivity contribution in [2.45, 2.75) is 11.3 Å². The predicted molar refractivity (Wildman–Crippen MR) is 119 cm³/mol. The number of piperazine rings is 1. The maximum atomic E-state index is 11.5. The Balaban J connectivity index is 1.35. The van der Waals surface area contributed by atoms with Gasteiger partial charge in [0, 0.05) is 67.2 Å². The average Bonchev–Trinajstić information content (AvgIpc) is 2.80. The van der Waals surface area contributed by atoms with Gasteiger partial charge in [0.15, 0.2) is 0 Å². The standard InChI is InChI=1S/C22H27N5O2S/c1-25-12-14-26(15-13-25)19-4-2-17(3-5-19)21-7-6-20(16-23-21)30-27-10-8-18(9-11-27)22(28)24-29/h2-8,16,29H,9-15H2,1H3,(H,24,28). The number of nitrogens with one attached hydrogen (secondary N) is 1. The average molecular weight is 426 g/mol. The lowest BCUT2D eigenvalue weighted by Gasteiger charge is -2.34. The van der Waals surface area contributed by atoms with Crippen molar-refractivity contribution in [3.8, 4) is 11.3 Å². The predicted octanol–water partition coefficient (Wildman–Crippen LogP) is 2.65. The minimum absolute atomic E-state index is 0.413. The Kier molecular flexibility index (Phi) is 6.69. The zero-order chi connectivity index (χ0) is 20.9. The molecule has 3 heterocycles. The Morgan fingerprint density at radius 1 is 1.07 bits per heavy atom. The van der Waals surface area contributed by atoms with E-state index >= 15 is 0 Å². The van der Waals surface area contributed by atoms with E-state index in [9.17, 15) is 4.79 Å². The number of rotatable bonds is 5. The zero-order valence-electron chi connectivity index (χ0n) is 17.1. The minimum Gasteiger partial charge on any atom is -0.369 e. The number of benzene rings is 1. The molecule has 1 fully saturated rings. The van der Waals surface area contributed by atoms with Crippen molar-refractivity contribution in [1.29, 1.82) is 0 Å². The third kappa shape index (κ3) is 5.02. The van der Waals surface area contributed by atoms with Gasteiger partial charge in [-0.15, -0.1) is 0 Å². The number of hydrogen-bond donors (Lipinski definition) is 2. The Bertz CT molecular complexity index is 893. The second-order valence-corrected chi connectivity index (χ2v) is 8.79. The first kappa shape index (κ1) is 20.9. The van der Waals surface area contributed by atoms with E-state index in [-0.39, 0.29) is 0 Å². The molecule has 0 aliphatic carbocycles. The highest BCUT2D eigenvalue weighted by Crippen LogP contribution is 2.28. The maximum Gasteiger partial charge on any atom is 0.270 e. The summed E-state index contributed by atoms with van der Waals surface area (Å²) in [5.41, 5.74) is 5.67. The molecule has 1 aromatic carbocycles. The Morgan fingerprint density at radius 3 is 2.43 bits per heavy atom. The molecule has 0 atom stereocenters. The lowest BCUT2D eigenvalue weighted by Crippen LogP contribution is -2.44. The van der Waals surface area contributed by atoms with Crippen molar-refractivity contribution in [1.82, 2.24) is 19.7 Å². The first-order chi connectivity index (χ1) is 14.6. The molecule has 4 rings (SSSR count). The Hall–Kier alpha value is -2.39. The van der Waals surface area contributed by atoms with Gasteiger partial charge in [-0.25, -0.2) is 9.79 Å². The number of carbonyl (C=O) groups is 1. The molecule has 158 valence electrons. The summed E-state index contributed by atoms with van der Waals surface area (Å²) in [6.45, 7) is 5.74. The second-order valence-electron chi connectivity index (χ2n) is 7.62. The number of amides is 1. The molecule has 2 aliphatic rings. The highest BCUT2D eigenvalue weighted by molar-refractivity contribution is 7.97. The Labute approximate surface area is 181 Å². The van der Waals surface area contributed by atoms with E-state index in [0.717, 1.165) is 48.9 Å². The number of pyridine rings is 1. The molecule has 7 nitrogen and oxygen atoms in total. The lowest BCUT2D eigenvalue weighted by molar-refractivity contribution is -0.125. The van der Waals surface area contributed by atoms with Crippen molar-refractivity contribution < 1.29 is 10.0 Å². The summed E-state index contributed by atoms with van der Waals surface area (Å²) in [5, 5.41) is 8.73. The van der Waals surface area contributed by atoms with Crippen LogP contribution in [0.25, 0.3) is 11.3 Å². The van der Waals surface area contributed by atoms with E-state index in [2.05, 4.69) is 62.5 Å². The third-order valence-corrected chi connectivity index (χ3v) is 6.61. The molecule has 0 radical (unpaired) electrons. The van der Waals surface area contributed by atoms with Crippen LogP contribution in [0, 0.1) is 0 Å². The molecule has 30 heavy (non-hydrogen) atoms. The molecule has 1 aromatic heterocycles. The van der Waals surface area contributed by atoms with Crippen molar-refractivity contribution >= 4 is 23.5 Å². The third-order valence-electron chi connectivity index (χ3n) is 5.57. The fourth-order valence-electron chi connectivity index (χ4n) is 3.67. The van der Waals surface area contributed by atoms with Crippen molar-refractivity contribution in [3.05, 3.63) is 54.2 Å². The van der Waals surface area contributed by atoms with Gasteiger partial charge in [-0.3, -0.25) is 15.0 Å². The zero-order valence-corrected chi connectivity index (χ0v) is 17.9. The molecule has 2 N–H and O–H groups in total. The van der Waals surface area contributed by atoms with E-state index in [1.54, 1.807) is 17.4 Å². The molecular weight excluding hydrogens is 398 g/mol. The van der Waals surface area contributed by atoms with Gasteiger partial charge in [0.05, 0.1) is 5.69 Å². The number of hydroxylamine groups is 1. The molecule has 1 amide bonds.